The third-order valence-electron chi connectivity index (χ3n) is 2.29. The highest BCUT2D eigenvalue weighted by atomic mass is 35.5. The van der Waals surface area contributed by atoms with E-state index in [1.165, 1.54) is 12.1 Å². The van der Waals surface area contributed by atoms with Crippen molar-refractivity contribution in [1.29, 1.82) is 0 Å². The average molecular weight is 267 g/mol. The number of nitrogens with zero attached hydrogens (tertiary/aromatic N) is 2. The lowest BCUT2D eigenvalue weighted by atomic mass is 10.2. The summed E-state index contributed by atoms with van der Waals surface area (Å²) in [5, 5.41) is 13.3. The molecule has 0 aliphatic carbocycles. The molecule has 0 aliphatic rings. The van der Waals surface area contributed by atoms with E-state index >= 15 is 0 Å². The minimum absolute atomic E-state index is 0.237. The number of benzene rings is 1. The van der Waals surface area contributed by atoms with Crippen molar-refractivity contribution >= 4 is 17.6 Å². The van der Waals surface area contributed by atoms with Crippen molar-refractivity contribution in [2.24, 2.45) is 0 Å². The molecule has 94 valence electrons. The Kier molecular flexibility index (Phi) is 3.84. The van der Waals surface area contributed by atoms with Crippen LogP contribution in [0, 0.1) is 0 Å². The van der Waals surface area contributed by atoms with Gasteiger partial charge in [-0.05, 0) is 24.3 Å². The maximum Gasteiger partial charge on any atom is 0.335 e. The number of ether oxygens (including phenoxy) is 1. The molecule has 2 rings (SSSR count). The fourth-order valence-electron chi connectivity index (χ4n) is 1.41. The lowest BCUT2D eigenvalue weighted by Crippen LogP contribution is -2.08. The van der Waals surface area contributed by atoms with Crippen molar-refractivity contribution in [1.82, 2.24) is 9.78 Å². The van der Waals surface area contributed by atoms with Crippen LogP contribution in [0.2, 0.25) is 5.02 Å². The molecule has 0 fully saturated rings. The third kappa shape index (κ3) is 3.24. The highest BCUT2D eigenvalue weighted by Crippen LogP contribution is 2.12. The van der Waals surface area contributed by atoms with Gasteiger partial charge >= 0.3 is 5.97 Å². The van der Waals surface area contributed by atoms with Gasteiger partial charge < -0.3 is 9.84 Å². The second kappa shape index (κ2) is 5.55. The van der Waals surface area contributed by atoms with E-state index in [1.54, 1.807) is 29.2 Å². The van der Waals surface area contributed by atoms with Gasteiger partial charge in [-0.25, -0.2) is 4.79 Å². The van der Waals surface area contributed by atoms with E-state index in [0.29, 0.717) is 23.9 Å². The second-order valence-electron chi connectivity index (χ2n) is 3.60. The number of halogens is 1. The summed E-state index contributed by atoms with van der Waals surface area (Å²) in [5.41, 5.74) is 0.237. The molecular weight excluding hydrogens is 256 g/mol. The summed E-state index contributed by atoms with van der Waals surface area (Å²) in [6, 6.07) is 6.25. The normalized spacial score (nSPS) is 10.3. The Balaban J connectivity index is 1.85. The summed E-state index contributed by atoms with van der Waals surface area (Å²) >= 11 is 5.72. The summed E-state index contributed by atoms with van der Waals surface area (Å²) in [4.78, 5) is 10.6. The monoisotopic (exact) mass is 266 g/mol. The molecule has 1 aromatic heterocycles. The molecule has 6 heteroatoms. The van der Waals surface area contributed by atoms with Crippen LogP contribution in [0.3, 0.4) is 0 Å². The summed E-state index contributed by atoms with van der Waals surface area (Å²) < 4.78 is 7.13. The largest absolute Gasteiger partial charge is 0.492 e. The Bertz CT molecular complexity index is 537. The summed E-state index contributed by atoms with van der Waals surface area (Å²) in [7, 11) is 0. The van der Waals surface area contributed by atoms with Crippen LogP contribution in [0.15, 0.2) is 36.7 Å². The lowest BCUT2D eigenvalue weighted by molar-refractivity contribution is 0.0697. The highest BCUT2D eigenvalue weighted by molar-refractivity contribution is 6.30. The Hall–Kier alpha value is -2.01. The molecule has 0 radical (unpaired) electrons. The van der Waals surface area contributed by atoms with Gasteiger partial charge in [-0.1, -0.05) is 11.6 Å². The topological polar surface area (TPSA) is 64.3 Å². The van der Waals surface area contributed by atoms with Gasteiger partial charge in [0.05, 0.1) is 23.3 Å². The molecule has 1 heterocycles. The van der Waals surface area contributed by atoms with Crippen molar-refractivity contribution in [3.05, 3.63) is 47.2 Å². The molecule has 0 atom stereocenters. The van der Waals surface area contributed by atoms with Crippen LogP contribution in [0.25, 0.3) is 0 Å². The predicted octanol–water partition coefficient (Wildman–Crippen LogP) is 2.31. The number of rotatable bonds is 5. The molecule has 0 saturated heterocycles. The Morgan fingerprint density at radius 3 is 2.67 bits per heavy atom. The van der Waals surface area contributed by atoms with Crippen LogP contribution in [-0.4, -0.2) is 27.5 Å². The number of carboxylic acids is 1. The van der Waals surface area contributed by atoms with Crippen LogP contribution in [0.5, 0.6) is 5.75 Å². The van der Waals surface area contributed by atoms with Crippen LogP contribution >= 0.6 is 11.6 Å². The van der Waals surface area contributed by atoms with Crippen LogP contribution < -0.4 is 4.74 Å². The number of carbonyl (C=O) groups is 1. The second-order valence-corrected chi connectivity index (χ2v) is 4.04. The van der Waals surface area contributed by atoms with Gasteiger partial charge in [-0.2, -0.15) is 5.10 Å². The quantitative estimate of drug-likeness (QED) is 0.902. The molecule has 0 saturated carbocycles. The van der Waals surface area contributed by atoms with Crippen molar-refractivity contribution in [3.63, 3.8) is 0 Å². The molecule has 1 N–H and O–H groups in total. The number of hydrogen-bond donors (Lipinski definition) is 1. The molecule has 0 aliphatic heterocycles. The third-order valence-corrected chi connectivity index (χ3v) is 2.49. The number of aromatic nitrogens is 2. The van der Waals surface area contributed by atoms with E-state index in [4.69, 9.17) is 21.4 Å². The van der Waals surface area contributed by atoms with Crippen LogP contribution in [-0.2, 0) is 6.54 Å². The minimum Gasteiger partial charge on any atom is -0.492 e. The molecular formula is C12H11ClN2O3. The van der Waals surface area contributed by atoms with E-state index in [-0.39, 0.29) is 5.56 Å². The van der Waals surface area contributed by atoms with Gasteiger partial charge in [-0.15, -0.1) is 0 Å². The van der Waals surface area contributed by atoms with E-state index in [0.717, 1.165) is 0 Å². The van der Waals surface area contributed by atoms with Gasteiger partial charge in [0.2, 0.25) is 0 Å². The first-order chi connectivity index (χ1) is 8.65. The zero-order valence-corrected chi connectivity index (χ0v) is 10.2. The molecule has 2 aromatic rings. The SMILES string of the molecule is O=C(O)c1ccc(OCCn2cc(Cl)cn2)cc1. The first-order valence-corrected chi connectivity index (χ1v) is 5.67. The van der Waals surface area contributed by atoms with Crippen LogP contribution in [0.4, 0.5) is 0 Å². The van der Waals surface area contributed by atoms with Crippen LogP contribution in [0.1, 0.15) is 10.4 Å². The molecule has 0 bridgehead atoms. The highest BCUT2D eigenvalue weighted by Gasteiger charge is 2.02. The van der Waals surface area contributed by atoms with E-state index < -0.39 is 5.97 Å². The van der Waals surface area contributed by atoms with Gasteiger partial charge in [0.15, 0.2) is 0 Å². The zero-order chi connectivity index (χ0) is 13.0. The average Bonchev–Trinajstić information content (AvgIpc) is 2.76. The number of aromatic carboxylic acids is 1. The minimum atomic E-state index is -0.951. The summed E-state index contributed by atoms with van der Waals surface area (Å²) in [6.45, 7) is 1.01. The smallest absolute Gasteiger partial charge is 0.335 e. The van der Waals surface area contributed by atoms with Gasteiger partial charge in [-0.3, -0.25) is 4.68 Å². The summed E-state index contributed by atoms with van der Waals surface area (Å²) in [5.74, 6) is -0.328. The van der Waals surface area contributed by atoms with Crippen molar-refractivity contribution < 1.29 is 14.6 Å². The van der Waals surface area contributed by atoms with Crippen molar-refractivity contribution in [2.75, 3.05) is 6.61 Å². The number of hydrogen-bond acceptors (Lipinski definition) is 3. The van der Waals surface area contributed by atoms with Gasteiger partial charge in [0, 0.05) is 6.20 Å². The van der Waals surface area contributed by atoms with Crippen molar-refractivity contribution in [2.45, 2.75) is 6.54 Å². The van der Waals surface area contributed by atoms with Gasteiger partial charge in [0.25, 0.3) is 0 Å². The predicted molar refractivity (Wildman–Crippen MR) is 66.1 cm³/mol. The molecule has 1 aromatic carbocycles. The summed E-state index contributed by atoms with van der Waals surface area (Å²) in [6.07, 6.45) is 3.27. The van der Waals surface area contributed by atoms with Gasteiger partial charge in [0.1, 0.15) is 12.4 Å². The number of carboxylic acid groups (broad SMARTS) is 1. The molecule has 5 nitrogen and oxygen atoms in total. The van der Waals surface area contributed by atoms with Crippen molar-refractivity contribution in [3.8, 4) is 5.75 Å². The van der Waals surface area contributed by atoms with E-state index in [1.807, 2.05) is 0 Å². The first kappa shape index (κ1) is 12.4. The zero-order valence-electron chi connectivity index (χ0n) is 9.41. The first-order valence-electron chi connectivity index (χ1n) is 5.29. The molecule has 0 unspecified atom stereocenters. The van der Waals surface area contributed by atoms with E-state index in [2.05, 4.69) is 5.10 Å². The Morgan fingerprint density at radius 1 is 1.39 bits per heavy atom. The fourth-order valence-corrected chi connectivity index (χ4v) is 1.57. The Labute approximate surface area is 109 Å². The maximum absolute atomic E-state index is 10.6. The standard InChI is InChI=1S/C12H11ClN2O3/c13-10-7-14-15(8-10)5-6-18-11-3-1-9(2-4-11)12(16)17/h1-4,7-8H,5-6H2,(H,16,17). The molecule has 0 spiro atoms. The molecule has 18 heavy (non-hydrogen) atoms. The fraction of sp³-hybridized carbons (Fsp3) is 0.167. The Morgan fingerprint density at radius 2 is 2.11 bits per heavy atom. The molecule has 0 amide bonds. The van der Waals surface area contributed by atoms with E-state index in [9.17, 15) is 4.79 Å². The lowest BCUT2D eigenvalue weighted by Gasteiger charge is -2.06. The maximum atomic E-state index is 10.6.